The summed E-state index contributed by atoms with van der Waals surface area (Å²) in [6, 6.07) is 0. The van der Waals surface area contributed by atoms with Gasteiger partial charge in [0.1, 0.15) is 6.61 Å². The Kier molecular flexibility index (Phi) is 17.2. The summed E-state index contributed by atoms with van der Waals surface area (Å²) >= 11 is 0. The highest BCUT2D eigenvalue weighted by atomic mass is 31.2. The van der Waals surface area contributed by atoms with Crippen molar-refractivity contribution in [1.29, 1.82) is 0 Å². The molecule has 0 rings (SSSR count). The highest BCUT2D eigenvalue weighted by Crippen LogP contribution is 2.41. The van der Waals surface area contributed by atoms with Gasteiger partial charge in [0.25, 0.3) is 0 Å². The molecule has 2 atom stereocenters. The monoisotopic (exact) mass is 440 g/mol. The summed E-state index contributed by atoms with van der Waals surface area (Å²) in [5.74, 6) is -0.150. The van der Waals surface area contributed by atoms with Crippen LogP contribution in [0.2, 0.25) is 0 Å². The van der Waals surface area contributed by atoms with E-state index in [2.05, 4.69) is 15.2 Å². The number of nitrogens with one attached hydrogen (secondary N) is 2. The Morgan fingerprint density at radius 2 is 1.66 bits per heavy atom. The Morgan fingerprint density at radius 1 is 0.966 bits per heavy atom. The van der Waals surface area contributed by atoms with E-state index in [0.29, 0.717) is 39.3 Å². The molecule has 0 saturated heterocycles. The lowest BCUT2D eigenvalue weighted by atomic mass is 10.1. The summed E-state index contributed by atoms with van der Waals surface area (Å²) in [4.78, 5) is 32.2. The van der Waals surface area contributed by atoms with Crippen molar-refractivity contribution >= 4 is 19.6 Å². The van der Waals surface area contributed by atoms with E-state index >= 15 is 0 Å². The summed E-state index contributed by atoms with van der Waals surface area (Å²) < 4.78 is 30.6. The van der Waals surface area contributed by atoms with Crippen molar-refractivity contribution in [3.05, 3.63) is 0 Å². The second-order valence-electron chi connectivity index (χ2n) is 6.51. The molecule has 0 bridgehead atoms. The molecule has 0 aromatic heterocycles. The third-order valence-corrected chi connectivity index (χ3v) is 5.06. The van der Waals surface area contributed by atoms with E-state index in [1.54, 1.807) is 0 Å². The first-order valence-electron chi connectivity index (χ1n) is 10.0. The van der Waals surface area contributed by atoms with Gasteiger partial charge in [-0.15, -0.1) is 0 Å². The molecule has 0 spiro atoms. The second kappa shape index (κ2) is 17.8. The smallest absolute Gasteiger partial charge is 0.377 e. The number of hydrogen-bond donors (Lipinski definition) is 3. The van der Waals surface area contributed by atoms with Crippen molar-refractivity contribution in [2.24, 2.45) is 5.92 Å². The first-order chi connectivity index (χ1) is 13.8. The van der Waals surface area contributed by atoms with E-state index in [1.165, 1.54) is 0 Å². The number of carbonyl (C=O) groups excluding carboxylic acids is 2. The van der Waals surface area contributed by atoms with Crippen LogP contribution in [-0.4, -0.2) is 69.9 Å². The van der Waals surface area contributed by atoms with Crippen LogP contribution in [0, 0.1) is 5.92 Å². The lowest BCUT2D eigenvalue weighted by molar-refractivity contribution is -0.127. The number of phosphoric acid groups is 1. The summed E-state index contributed by atoms with van der Waals surface area (Å²) in [6.45, 7) is 6.07. The molecule has 3 N–H and O–H groups in total. The van der Waals surface area contributed by atoms with Crippen LogP contribution >= 0.6 is 7.82 Å². The van der Waals surface area contributed by atoms with Crippen LogP contribution in [0.4, 0.5) is 0 Å². The SMILES string of the molecule is CCC(C)C(=O)NCCOCCOCC(=O)NCCCCCCOP(=O)(O)OC. The average molecular weight is 440 g/mol. The maximum Gasteiger partial charge on any atom is 0.471 e. The minimum absolute atomic E-state index is 0.00771. The zero-order chi connectivity index (χ0) is 22.0. The second-order valence-corrected chi connectivity index (χ2v) is 8.07. The van der Waals surface area contributed by atoms with E-state index in [0.717, 1.165) is 32.8 Å². The lowest BCUT2D eigenvalue weighted by Crippen LogP contribution is -2.32. The zero-order valence-electron chi connectivity index (χ0n) is 17.8. The molecular formula is C18H37N2O8P. The van der Waals surface area contributed by atoms with Crippen LogP contribution in [0.5, 0.6) is 0 Å². The van der Waals surface area contributed by atoms with Gasteiger partial charge >= 0.3 is 7.82 Å². The molecule has 0 aliphatic carbocycles. The summed E-state index contributed by atoms with van der Waals surface area (Å²) in [6.07, 6.45) is 3.95. The summed E-state index contributed by atoms with van der Waals surface area (Å²) in [7, 11) is -2.75. The third kappa shape index (κ3) is 17.5. The molecule has 11 heteroatoms. The molecule has 0 aliphatic heterocycles. The summed E-state index contributed by atoms with van der Waals surface area (Å²) in [5, 5.41) is 5.55. The molecule has 0 aliphatic rings. The van der Waals surface area contributed by atoms with Crippen LogP contribution in [0.25, 0.3) is 0 Å². The Labute approximate surface area is 173 Å². The van der Waals surface area contributed by atoms with Crippen molar-refractivity contribution in [3.8, 4) is 0 Å². The van der Waals surface area contributed by atoms with Gasteiger partial charge in [-0.25, -0.2) is 4.57 Å². The molecule has 10 nitrogen and oxygen atoms in total. The van der Waals surface area contributed by atoms with E-state index in [4.69, 9.17) is 18.9 Å². The number of carbonyl (C=O) groups is 2. The summed E-state index contributed by atoms with van der Waals surface area (Å²) in [5.41, 5.74) is 0. The van der Waals surface area contributed by atoms with Gasteiger partial charge in [-0.3, -0.25) is 18.6 Å². The zero-order valence-corrected chi connectivity index (χ0v) is 18.7. The van der Waals surface area contributed by atoms with Gasteiger partial charge in [0.15, 0.2) is 0 Å². The van der Waals surface area contributed by atoms with Crippen molar-refractivity contribution in [2.45, 2.75) is 46.0 Å². The minimum Gasteiger partial charge on any atom is -0.377 e. The average Bonchev–Trinajstić information content (AvgIpc) is 2.70. The van der Waals surface area contributed by atoms with Crippen LogP contribution in [-0.2, 0) is 32.7 Å². The molecule has 0 saturated carbocycles. The largest absolute Gasteiger partial charge is 0.471 e. The van der Waals surface area contributed by atoms with Gasteiger partial charge in [-0.1, -0.05) is 26.7 Å². The molecule has 2 unspecified atom stereocenters. The third-order valence-electron chi connectivity index (χ3n) is 4.09. The maximum absolute atomic E-state index is 11.6. The molecule has 0 fully saturated rings. The number of unbranched alkanes of at least 4 members (excludes halogenated alkanes) is 3. The fourth-order valence-corrected chi connectivity index (χ4v) is 2.55. The number of hydrogen-bond acceptors (Lipinski definition) is 7. The first kappa shape index (κ1) is 28.0. The number of rotatable bonds is 19. The predicted octanol–water partition coefficient (Wildman–Crippen LogP) is 1.62. The quantitative estimate of drug-likeness (QED) is 0.204. The van der Waals surface area contributed by atoms with Crippen molar-refractivity contribution in [2.75, 3.05) is 53.2 Å². The first-order valence-corrected chi connectivity index (χ1v) is 11.5. The molecule has 29 heavy (non-hydrogen) atoms. The molecule has 0 radical (unpaired) electrons. The molecule has 2 amide bonds. The fraction of sp³-hybridized carbons (Fsp3) is 0.889. The molecule has 172 valence electrons. The highest BCUT2D eigenvalue weighted by molar-refractivity contribution is 7.47. The number of ether oxygens (including phenoxy) is 2. The van der Waals surface area contributed by atoms with Crippen LogP contribution < -0.4 is 10.6 Å². The van der Waals surface area contributed by atoms with E-state index in [1.807, 2.05) is 13.8 Å². The number of phosphoric ester groups is 1. The van der Waals surface area contributed by atoms with E-state index in [-0.39, 0.29) is 30.9 Å². The Hall–Kier alpha value is -1.03. The van der Waals surface area contributed by atoms with Crippen molar-refractivity contribution in [3.63, 3.8) is 0 Å². The topological polar surface area (TPSA) is 132 Å². The Bertz CT molecular complexity index is 492. The Balaban J connectivity index is 3.36. The van der Waals surface area contributed by atoms with E-state index < -0.39 is 7.82 Å². The van der Waals surface area contributed by atoms with Crippen LogP contribution in [0.3, 0.4) is 0 Å². The van der Waals surface area contributed by atoms with Crippen LogP contribution in [0.1, 0.15) is 46.0 Å². The fourth-order valence-electron chi connectivity index (χ4n) is 2.08. The normalized spacial score (nSPS) is 14.2. The van der Waals surface area contributed by atoms with Gasteiger partial charge < -0.3 is 25.0 Å². The van der Waals surface area contributed by atoms with Gasteiger partial charge in [0, 0.05) is 26.1 Å². The van der Waals surface area contributed by atoms with Gasteiger partial charge in [0.05, 0.1) is 26.4 Å². The minimum atomic E-state index is -3.88. The molecular weight excluding hydrogens is 403 g/mol. The molecule has 0 aromatic carbocycles. The maximum atomic E-state index is 11.6. The molecule has 0 aromatic rings. The van der Waals surface area contributed by atoms with Crippen molar-refractivity contribution in [1.82, 2.24) is 10.6 Å². The van der Waals surface area contributed by atoms with Gasteiger partial charge in [-0.05, 0) is 19.3 Å². The lowest BCUT2D eigenvalue weighted by Gasteiger charge is -2.10. The standard InChI is InChI=1S/C18H37N2O8P/c1-4-16(2)18(22)20-10-12-26-13-14-27-15-17(21)19-9-7-5-6-8-11-28-29(23,24)25-3/h16H,4-15H2,1-3H3,(H,19,21)(H,20,22)(H,23,24). The van der Waals surface area contributed by atoms with Gasteiger partial charge in [0.2, 0.25) is 11.8 Å². The number of amides is 2. The predicted molar refractivity (Wildman–Crippen MR) is 108 cm³/mol. The highest BCUT2D eigenvalue weighted by Gasteiger charge is 2.17. The van der Waals surface area contributed by atoms with Crippen molar-refractivity contribution < 1.29 is 37.6 Å². The van der Waals surface area contributed by atoms with Crippen LogP contribution in [0.15, 0.2) is 0 Å². The van der Waals surface area contributed by atoms with Gasteiger partial charge in [-0.2, -0.15) is 0 Å². The Morgan fingerprint density at radius 3 is 2.34 bits per heavy atom. The van der Waals surface area contributed by atoms with E-state index in [9.17, 15) is 14.2 Å². The molecule has 0 heterocycles.